The summed E-state index contributed by atoms with van der Waals surface area (Å²) in [5, 5.41) is 30.5. The minimum Gasteiger partial charge on any atom is -0.394 e. The molecule has 114 valence electrons. The summed E-state index contributed by atoms with van der Waals surface area (Å²) >= 11 is 2.09. The van der Waals surface area contributed by atoms with Crippen molar-refractivity contribution in [3.63, 3.8) is 0 Å². The Hall–Kier alpha value is -1.01. The van der Waals surface area contributed by atoms with Gasteiger partial charge in [-0.05, 0) is 29.5 Å². The topological polar surface area (TPSA) is 127 Å². The van der Waals surface area contributed by atoms with Crippen LogP contribution in [0.2, 0.25) is 0 Å². The second-order valence-electron chi connectivity index (χ2n) is 5.22. The second kappa shape index (κ2) is 5.02. The van der Waals surface area contributed by atoms with Gasteiger partial charge in [0.2, 0.25) is 0 Å². The van der Waals surface area contributed by atoms with E-state index in [2.05, 4.69) is 32.6 Å². The molecule has 0 amide bonds. The van der Waals surface area contributed by atoms with Gasteiger partial charge in [-0.2, -0.15) is 0 Å². The predicted octanol–water partition coefficient (Wildman–Crippen LogP) is -0.380. The third-order valence-electron chi connectivity index (χ3n) is 3.78. The minimum atomic E-state index is -1.57. The molecule has 1 fully saturated rings. The van der Waals surface area contributed by atoms with Crippen LogP contribution in [0.4, 0.5) is 5.82 Å². The van der Waals surface area contributed by atoms with E-state index < -0.39 is 24.0 Å². The summed E-state index contributed by atoms with van der Waals surface area (Å²) in [7, 11) is 0. The van der Waals surface area contributed by atoms with Crippen LogP contribution in [0.5, 0.6) is 0 Å². The van der Waals surface area contributed by atoms with E-state index in [0.29, 0.717) is 16.9 Å². The Morgan fingerprint density at radius 2 is 2.24 bits per heavy atom. The van der Waals surface area contributed by atoms with Gasteiger partial charge in [0.1, 0.15) is 35.6 Å². The first kappa shape index (κ1) is 14.9. The van der Waals surface area contributed by atoms with E-state index in [1.165, 1.54) is 13.3 Å². The molecule has 0 radical (unpaired) electrons. The first-order chi connectivity index (χ1) is 9.87. The van der Waals surface area contributed by atoms with Crippen molar-refractivity contribution in [1.82, 2.24) is 14.5 Å². The van der Waals surface area contributed by atoms with Crippen LogP contribution in [0.15, 0.2) is 12.5 Å². The lowest BCUT2D eigenvalue weighted by molar-refractivity contribution is -0.0948. The van der Waals surface area contributed by atoms with E-state index in [1.807, 2.05) is 0 Å². The predicted molar refractivity (Wildman–Crippen MR) is 82.3 cm³/mol. The standard InChI is InChI=1S/C12H15IN4O4/c1-12(20)8(19)6(3-18)21-11(12)17-2-5(13)7-9(14)15-4-16-10(7)17/h2,4,6,8,11,18-20H,3H2,1H3,(H2,14,15,16)/t6?,8?,11-,12-/m1/s1. The van der Waals surface area contributed by atoms with Gasteiger partial charge >= 0.3 is 0 Å². The molecule has 2 aromatic rings. The first-order valence-corrected chi connectivity index (χ1v) is 7.39. The Bertz CT molecular complexity index is 689. The van der Waals surface area contributed by atoms with Crippen LogP contribution < -0.4 is 5.73 Å². The summed E-state index contributed by atoms with van der Waals surface area (Å²) in [4.78, 5) is 8.13. The molecule has 1 saturated heterocycles. The molecular weight excluding hydrogens is 391 g/mol. The molecule has 5 N–H and O–H groups in total. The smallest absolute Gasteiger partial charge is 0.167 e. The summed E-state index contributed by atoms with van der Waals surface area (Å²) in [6, 6.07) is 0. The number of nitrogens with two attached hydrogens (primary N) is 1. The number of nitrogen functional groups attached to an aromatic ring is 1. The average molecular weight is 406 g/mol. The van der Waals surface area contributed by atoms with Crippen LogP contribution in [-0.4, -0.2) is 54.3 Å². The van der Waals surface area contributed by atoms with Crippen molar-refractivity contribution in [2.24, 2.45) is 0 Å². The van der Waals surface area contributed by atoms with Crippen molar-refractivity contribution >= 4 is 39.4 Å². The van der Waals surface area contributed by atoms with Gasteiger partial charge in [0.25, 0.3) is 0 Å². The average Bonchev–Trinajstić information content (AvgIpc) is 2.87. The van der Waals surface area contributed by atoms with Crippen molar-refractivity contribution in [3.8, 4) is 0 Å². The zero-order valence-electron chi connectivity index (χ0n) is 11.1. The number of fused-ring (bicyclic) bond motifs is 1. The van der Waals surface area contributed by atoms with Crippen LogP contribution >= 0.6 is 22.6 Å². The summed E-state index contributed by atoms with van der Waals surface area (Å²) in [6.07, 6.45) is 0.0986. The van der Waals surface area contributed by atoms with E-state index in [9.17, 15) is 15.3 Å². The number of anilines is 1. The molecule has 9 heteroatoms. The Kier molecular flexibility index (Phi) is 3.56. The SMILES string of the molecule is C[C@@]1(O)C(O)C(CO)O[C@H]1n1cc(I)c2c(N)ncnc21. The van der Waals surface area contributed by atoms with Crippen LogP contribution in [0, 0.1) is 3.57 Å². The molecule has 3 heterocycles. The quantitative estimate of drug-likeness (QED) is 0.501. The normalized spacial score (nSPS) is 32.9. The number of halogens is 1. The highest BCUT2D eigenvalue weighted by Gasteiger charge is 2.53. The first-order valence-electron chi connectivity index (χ1n) is 6.31. The van der Waals surface area contributed by atoms with Crippen molar-refractivity contribution < 1.29 is 20.1 Å². The number of hydrogen-bond acceptors (Lipinski definition) is 7. The molecule has 0 spiro atoms. The largest absolute Gasteiger partial charge is 0.394 e. The van der Waals surface area contributed by atoms with Crippen LogP contribution in [0.1, 0.15) is 13.2 Å². The molecule has 0 saturated carbocycles. The van der Waals surface area contributed by atoms with Crippen molar-refractivity contribution in [3.05, 3.63) is 16.1 Å². The monoisotopic (exact) mass is 406 g/mol. The number of hydrogen-bond donors (Lipinski definition) is 4. The van der Waals surface area contributed by atoms with Gasteiger partial charge in [-0.1, -0.05) is 0 Å². The maximum absolute atomic E-state index is 10.5. The molecule has 1 aliphatic rings. The summed E-state index contributed by atoms with van der Waals surface area (Å²) in [5.41, 5.74) is 4.79. The lowest BCUT2D eigenvalue weighted by atomic mass is 9.96. The molecule has 21 heavy (non-hydrogen) atoms. The fourth-order valence-corrected chi connectivity index (χ4v) is 3.45. The third kappa shape index (κ3) is 2.11. The number of aromatic nitrogens is 3. The summed E-state index contributed by atoms with van der Waals surface area (Å²) in [5.74, 6) is 0.333. The highest BCUT2D eigenvalue weighted by molar-refractivity contribution is 14.1. The van der Waals surface area contributed by atoms with E-state index in [-0.39, 0.29) is 6.61 Å². The number of aliphatic hydroxyl groups is 3. The van der Waals surface area contributed by atoms with Crippen molar-refractivity contribution in [2.75, 3.05) is 12.3 Å². The van der Waals surface area contributed by atoms with Crippen LogP contribution in [-0.2, 0) is 4.74 Å². The molecule has 1 aliphatic heterocycles. The Labute approximate surface area is 133 Å². The van der Waals surface area contributed by atoms with E-state index >= 15 is 0 Å². The van der Waals surface area contributed by atoms with Crippen molar-refractivity contribution in [2.45, 2.75) is 31.0 Å². The van der Waals surface area contributed by atoms with Gasteiger partial charge in [-0.3, -0.25) is 0 Å². The zero-order valence-corrected chi connectivity index (χ0v) is 13.3. The number of rotatable bonds is 2. The zero-order chi connectivity index (χ0) is 15.4. The Morgan fingerprint density at radius 3 is 2.86 bits per heavy atom. The molecule has 0 aromatic carbocycles. The summed E-state index contributed by atoms with van der Waals surface area (Å²) in [6.45, 7) is 1.07. The fourth-order valence-electron chi connectivity index (χ4n) is 2.63. The van der Waals surface area contributed by atoms with E-state index in [1.54, 1.807) is 10.8 Å². The molecule has 2 unspecified atom stereocenters. The maximum atomic E-state index is 10.5. The van der Waals surface area contributed by atoms with Gasteiger partial charge in [-0.15, -0.1) is 0 Å². The highest BCUT2D eigenvalue weighted by atomic mass is 127. The van der Waals surface area contributed by atoms with E-state index in [0.717, 1.165) is 3.57 Å². The Morgan fingerprint density at radius 1 is 1.52 bits per heavy atom. The lowest BCUT2D eigenvalue weighted by Gasteiger charge is -2.27. The van der Waals surface area contributed by atoms with Crippen LogP contribution in [0.25, 0.3) is 11.0 Å². The highest BCUT2D eigenvalue weighted by Crippen LogP contribution is 2.40. The molecular formula is C12H15IN4O4. The van der Waals surface area contributed by atoms with Crippen LogP contribution in [0.3, 0.4) is 0 Å². The lowest BCUT2D eigenvalue weighted by Crippen LogP contribution is -2.44. The number of ether oxygens (including phenoxy) is 1. The van der Waals surface area contributed by atoms with Gasteiger partial charge in [0.05, 0.1) is 12.0 Å². The molecule has 3 rings (SSSR count). The summed E-state index contributed by atoms with van der Waals surface area (Å²) < 4.78 is 8.01. The molecule has 4 atom stereocenters. The Balaban J connectivity index is 2.15. The van der Waals surface area contributed by atoms with Gasteiger partial charge in [0.15, 0.2) is 6.23 Å². The maximum Gasteiger partial charge on any atom is 0.167 e. The number of nitrogens with zero attached hydrogens (tertiary/aromatic N) is 3. The fraction of sp³-hybridized carbons (Fsp3) is 0.500. The molecule has 0 bridgehead atoms. The van der Waals surface area contributed by atoms with Gasteiger partial charge in [-0.25, -0.2) is 9.97 Å². The molecule has 2 aromatic heterocycles. The molecule has 8 nitrogen and oxygen atoms in total. The number of aliphatic hydroxyl groups excluding tert-OH is 2. The van der Waals surface area contributed by atoms with E-state index in [4.69, 9.17) is 10.5 Å². The second-order valence-corrected chi connectivity index (χ2v) is 6.38. The molecule has 0 aliphatic carbocycles. The van der Waals surface area contributed by atoms with Crippen molar-refractivity contribution in [1.29, 1.82) is 0 Å². The van der Waals surface area contributed by atoms with Gasteiger partial charge < -0.3 is 30.4 Å². The minimum absolute atomic E-state index is 0.333. The third-order valence-corrected chi connectivity index (χ3v) is 4.60. The van der Waals surface area contributed by atoms with Gasteiger partial charge in [0, 0.05) is 9.77 Å².